The molecule has 0 bridgehead atoms. The van der Waals surface area contributed by atoms with E-state index in [1.54, 1.807) is 10.8 Å². The van der Waals surface area contributed by atoms with Crippen molar-refractivity contribution in [2.24, 2.45) is 7.05 Å². The molecule has 3 heterocycles. The summed E-state index contributed by atoms with van der Waals surface area (Å²) in [4.78, 5) is 4.65. The molecule has 24 heavy (non-hydrogen) atoms. The van der Waals surface area contributed by atoms with Crippen molar-refractivity contribution in [1.82, 2.24) is 9.56 Å². The van der Waals surface area contributed by atoms with Gasteiger partial charge in [-0.05, 0) is 29.3 Å². The van der Waals surface area contributed by atoms with E-state index in [1.807, 2.05) is 6.07 Å². The lowest BCUT2D eigenvalue weighted by molar-refractivity contribution is -0.659. The Hall–Kier alpha value is -3.14. The molecule has 4 nitrogen and oxygen atoms in total. The number of aromatic nitrogens is 3. The van der Waals surface area contributed by atoms with E-state index in [9.17, 15) is 0 Å². The molecule has 0 N–H and O–H groups in total. The summed E-state index contributed by atoms with van der Waals surface area (Å²) in [6, 6.07) is 16.9. The first kappa shape index (κ1) is 13.3. The number of pyridine rings is 1. The number of rotatable bonds is 1. The van der Waals surface area contributed by atoms with Crippen molar-refractivity contribution < 1.29 is 9.09 Å². The second-order valence-electron chi connectivity index (χ2n) is 6.17. The first-order valence-electron chi connectivity index (χ1n) is 7.97. The Kier molecular flexibility index (Phi) is 2.59. The second kappa shape index (κ2) is 4.68. The topological polar surface area (TPSA) is 34.3 Å². The molecular formula is C20H16N3O+. The van der Waals surface area contributed by atoms with Gasteiger partial charge in [-0.1, -0.05) is 30.3 Å². The number of aryl methyl sites for hydroxylation is 2. The van der Waals surface area contributed by atoms with Gasteiger partial charge in [-0.3, -0.25) is 0 Å². The Labute approximate surface area is 138 Å². The van der Waals surface area contributed by atoms with Gasteiger partial charge in [-0.2, -0.15) is 9.14 Å². The summed E-state index contributed by atoms with van der Waals surface area (Å²) in [5, 5.41) is 2.55. The minimum absolute atomic E-state index is 0.831. The van der Waals surface area contributed by atoms with E-state index in [1.165, 1.54) is 21.9 Å². The van der Waals surface area contributed by atoms with Crippen LogP contribution in [-0.2, 0) is 7.05 Å². The van der Waals surface area contributed by atoms with E-state index in [-0.39, 0.29) is 0 Å². The number of benzene rings is 2. The molecule has 5 aromatic rings. The zero-order chi connectivity index (χ0) is 16.3. The second-order valence-corrected chi connectivity index (χ2v) is 6.17. The summed E-state index contributed by atoms with van der Waals surface area (Å²) in [6.07, 6.45) is 3.73. The van der Waals surface area contributed by atoms with Crippen LogP contribution < -0.4 is 4.57 Å². The quantitative estimate of drug-likeness (QED) is 0.438. The predicted molar refractivity (Wildman–Crippen MR) is 93.8 cm³/mol. The van der Waals surface area contributed by atoms with Crippen molar-refractivity contribution in [3.8, 4) is 11.3 Å². The van der Waals surface area contributed by atoms with Crippen LogP contribution in [0.5, 0.6) is 0 Å². The molecule has 0 aliphatic heterocycles. The number of imidazole rings is 1. The van der Waals surface area contributed by atoms with E-state index in [4.69, 9.17) is 4.52 Å². The van der Waals surface area contributed by atoms with Gasteiger partial charge in [0.15, 0.2) is 17.4 Å². The zero-order valence-electron chi connectivity index (χ0n) is 13.5. The number of hydrogen-bond donors (Lipinski definition) is 0. The highest BCUT2D eigenvalue weighted by Gasteiger charge is 2.19. The Balaban J connectivity index is 1.82. The highest BCUT2D eigenvalue weighted by molar-refractivity contribution is 5.91. The van der Waals surface area contributed by atoms with Gasteiger partial charge in [-0.15, -0.1) is 0 Å². The molecule has 0 fully saturated rings. The Morgan fingerprint density at radius 3 is 2.88 bits per heavy atom. The van der Waals surface area contributed by atoms with Crippen LogP contribution in [0.15, 0.2) is 65.5 Å². The number of hydrogen-bond acceptors (Lipinski definition) is 2. The van der Waals surface area contributed by atoms with Crippen LogP contribution in [0.4, 0.5) is 0 Å². The molecule has 5 rings (SSSR count). The Morgan fingerprint density at radius 1 is 1.08 bits per heavy atom. The van der Waals surface area contributed by atoms with Crippen LogP contribution in [0.3, 0.4) is 0 Å². The van der Waals surface area contributed by atoms with Gasteiger partial charge in [0.1, 0.15) is 18.8 Å². The molecule has 0 radical (unpaired) electrons. The lowest BCUT2D eigenvalue weighted by Crippen LogP contribution is -2.30. The smallest absolute Gasteiger partial charge is 0.214 e. The fourth-order valence-corrected chi connectivity index (χ4v) is 3.50. The Morgan fingerprint density at radius 2 is 1.96 bits per heavy atom. The average Bonchev–Trinajstić information content (AvgIpc) is 3.17. The molecule has 2 aromatic carbocycles. The van der Waals surface area contributed by atoms with E-state index in [0.717, 1.165) is 22.4 Å². The normalized spacial score (nSPS) is 11.8. The molecule has 0 amide bonds. The van der Waals surface area contributed by atoms with Crippen molar-refractivity contribution in [2.75, 3.05) is 0 Å². The largest absolute Gasteiger partial charge is 0.381 e. The van der Waals surface area contributed by atoms with Crippen molar-refractivity contribution in [2.45, 2.75) is 6.92 Å². The molecule has 4 heteroatoms. The summed E-state index contributed by atoms with van der Waals surface area (Å²) in [7, 11) is 2.06. The first-order chi connectivity index (χ1) is 11.7. The van der Waals surface area contributed by atoms with Gasteiger partial charge in [0.05, 0.1) is 0 Å². The predicted octanol–water partition coefficient (Wildman–Crippen LogP) is 4.03. The van der Waals surface area contributed by atoms with Gasteiger partial charge < -0.3 is 4.52 Å². The number of nitrogens with zero attached hydrogens (tertiary/aromatic N) is 3. The molecule has 0 atom stereocenters. The lowest BCUT2D eigenvalue weighted by atomic mass is 9.97. The van der Waals surface area contributed by atoms with Crippen molar-refractivity contribution in [3.05, 3.63) is 66.6 Å². The SMILES string of the molecule is Cc1c(-c2cc3nc4ccon4c3c[n+]2C)ccc2ccccc12. The third kappa shape index (κ3) is 1.74. The summed E-state index contributed by atoms with van der Waals surface area (Å²) >= 11 is 0. The lowest BCUT2D eigenvalue weighted by Gasteiger charge is -2.08. The molecular weight excluding hydrogens is 298 g/mol. The van der Waals surface area contributed by atoms with Crippen LogP contribution in [0.2, 0.25) is 0 Å². The third-order valence-corrected chi connectivity index (χ3v) is 4.75. The first-order valence-corrected chi connectivity index (χ1v) is 7.97. The molecule has 0 saturated heterocycles. The zero-order valence-corrected chi connectivity index (χ0v) is 13.5. The Bertz CT molecular complexity index is 1230. The van der Waals surface area contributed by atoms with Crippen LogP contribution in [0.25, 0.3) is 38.7 Å². The van der Waals surface area contributed by atoms with Gasteiger partial charge in [0.25, 0.3) is 0 Å². The average molecular weight is 314 g/mol. The maximum atomic E-state index is 5.49. The maximum absolute atomic E-state index is 5.49. The highest BCUT2D eigenvalue weighted by Crippen LogP contribution is 2.29. The van der Waals surface area contributed by atoms with Gasteiger partial charge in [0, 0.05) is 17.7 Å². The van der Waals surface area contributed by atoms with Crippen LogP contribution >= 0.6 is 0 Å². The highest BCUT2D eigenvalue weighted by atomic mass is 16.5. The summed E-state index contributed by atoms with van der Waals surface area (Å²) < 4.78 is 9.39. The standard InChI is InChI=1S/C20H16N3O/c1-13-15-6-4-3-5-14(15)7-8-16(13)18-11-17-19(12-22(18)2)23-20(21-17)9-10-24-23/h3-12H,1-2H3/q+1. The fourth-order valence-electron chi connectivity index (χ4n) is 3.50. The molecule has 116 valence electrons. The molecule has 0 aliphatic rings. The van der Waals surface area contributed by atoms with Gasteiger partial charge >= 0.3 is 0 Å². The van der Waals surface area contributed by atoms with Gasteiger partial charge in [0.2, 0.25) is 5.69 Å². The van der Waals surface area contributed by atoms with E-state index in [2.05, 4.69) is 72.2 Å². The maximum Gasteiger partial charge on any atom is 0.214 e. The number of fused-ring (bicyclic) bond motifs is 4. The van der Waals surface area contributed by atoms with E-state index in [0.29, 0.717) is 0 Å². The van der Waals surface area contributed by atoms with E-state index >= 15 is 0 Å². The van der Waals surface area contributed by atoms with Crippen LogP contribution in [-0.4, -0.2) is 9.56 Å². The summed E-state index contributed by atoms with van der Waals surface area (Å²) in [6.45, 7) is 2.18. The summed E-state index contributed by atoms with van der Waals surface area (Å²) in [5.41, 5.74) is 6.40. The monoisotopic (exact) mass is 314 g/mol. The van der Waals surface area contributed by atoms with Gasteiger partial charge in [-0.25, -0.2) is 4.98 Å². The molecule has 0 saturated carbocycles. The molecule has 0 aliphatic carbocycles. The van der Waals surface area contributed by atoms with Crippen molar-refractivity contribution in [1.29, 1.82) is 0 Å². The molecule has 3 aromatic heterocycles. The molecule has 0 spiro atoms. The fraction of sp³-hybridized carbons (Fsp3) is 0.100. The third-order valence-electron chi connectivity index (χ3n) is 4.75. The minimum atomic E-state index is 0.831. The van der Waals surface area contributed by atoms with Crippen molar-refractivity contribution >= 4 is 27.5 Å². The minimum Gasteiger partial charge on any atom is -0.381 e. The van der Waals surface area contributed by atoms with Crippen molar-refractivity contribution in [3.63, 3.8) is 0 Å². The molecule has 0 unspecified atom stereocenters. The summed E-state index contributed by atoms with van der Waals surface area (Å²) in [5.74, 6) is 0. The van der Waals surface area contributed by atoms with Crippen LogP contribution in [0, 0.1) is 6.92 Å². The van der Waals surface area contributed by atoms with E-state index < -0.39 is 0 Å². The van der Waals surface area contributed by atoms with Crippen LogP contribution in [0.1, 0.15) is 5.56 Å².